The van der Waals surface area contributed by atoms with Crippen LogP contribution in [0, 0.1) is 0 Å². The molecule has 1 aromatic rings. The van der Waals surface area contributed by atoms with Gasteiger partial charge in [-0.2, -0.15) is 0 Å². The molecule has 1 rings (SSSR count). The number of carboxylic acid groups (broad SMARTS) is 1. The number of aliphatic carboxylic acids is 1. The second-order valence-corrected chi connectivity index (χ2v) is 4.41. The van der Waals surface area contributed by atoms with Gasteiger partial charge in [0.05, 0.1) is 5.92 Å². The Hall–Kier alpha value is -1.55. The first-order chi connectivity index (χ1) is 8.65. The average molecular weight is 252 g/mol. The minimum Gasteiger partial charge on any atom is -0.508 e. The Morgan fingerprint density at radius 2 is 1.67 bits per heavy atom. The molecule has 0 aliphatic carbocycles. The molecule has 0 saturated carbocycles. The number of benzene rings is 1. The first-order valence-electron chi connectivity index (χ1n) is 6.27. The van der Waals surface area contributed by atoms with Crippen molar-refractivity contribution in [3.8, 4) is 5.75 Å². The fraction of sp³-hybridized carbons (Fsp3) is 0.500. The zero-order valence-electron chi connectivity index (χ0n) is 10.4. The van der Waals surface area contributed by atoms with Gasteiger partial charge in [-0.1, -0.05) is 31.4 Å². The van der Waals surface area contributed by atoms with Crippen LogP contribution in [0.1, 0.15) is 43.6 Å². The van der Waals surface area contributed by atoms with Crippen LogP contribution >= 0.6 is 0 Å². The summed E-state index contributed by atoms with van der Waals surface area (Å²) in [6, 6.07) is 6.33. The van der Waals surface area contributed by atoms with E-state index in [1.54, 1.807) is 12.1 Å². The van der Waals surface area contributed by atoms with Crippen molar-refractivity contribution in [3.63, 3.8) is 0 Å². The topological polar surface area (TPSA) is 77.8 Å². The number of carboxylic acids is 1. The highest BCUT2D eigenvalue weighted by Gasteiger charge is 2.18. The van der Waals surface area contributed by atoms with E-state index < -0.39 is 11.9 Å². The third-order valence-corrected chi connectivity index (χ3v) is 2.99. The van der Waals surface area contributed by atoms with Crippen LogP contribution in [-0.4, -0.2) is 27.9 Å². The third-order valence-electron chi connectivity index (χ3n) is 2.99. The summed E-state index contributed by atoms with van der Waals surface area (Å²) in [6.45, 7) is 0.195. The Kier molecular flexibility index (Phi) is 6.22. The van der Waals surface area contributed by atoms with Gasteiger partial charge >= 0.3 is 5.97 Å². The average Bonchev–Trinajstić information content (AvgIpc) is 2.35. The minimum absolute atomic E-state index is 0.144. The van der Waals surface area contributed by atoms with Crippen LogP contribution in [-0.2, 0) is 4.79 Å². The molecular weight excluding hydrogens is 232 g/mol. The number of hydrogen-bond acceptors (Lipinski definition) is 3. The first kappa shape index (κ1) is 14.5. The van der Waals surface area contributed by atoms with E-state index in [2.05, 4.69) is 0 Å². The lowest BCUT2D eigenvalue weighted by Crippen LogP contribution is -2.11. The molecule has 1 unspecified atom stereocenters. The fourth-order valence-corrected chi connectivity index (χ4v) is 1.95. The molecule has 3 N–H and O–H groups in total. The van der Waals surface area contributed by atoms with Gasteiger partial charge in [0.15, 0.2) is 0 Å². The normalized spacial score (nSPS) is 12.3. The van der Waals surface area contributed by atoms with Gasteiger partial charge in [0.2, 0.25) is 0 Å². The number of aromatic hydroxyl groups is 1. The number of phenols is 1. The maximum Gasteiger partial charge on any atom is 0.310 e. The third kappa shape index (κ3) is 4.75. The van der Waals surface area contributed by atoms with Gasteiger partial charge in [0.1, 0.15) is 5.75 Å². The SMILES string of the molecule is O=C(O)C(CCCCCCO)c1ccc(O)cc1. The van der Waals surface area contributed by atoms with E-state index >= 15 is 0 Å². The lowest BCUT2D eigenvalue weighted by Gasteiger charge is -2.12. The Morgan fingerprint density at radius 1 is 1.06 bits per heavy atom. The summed E-state index contributed by atoms with van der Waals surface area (Å²) in [5.41, 5.74) is 0.724. The smallest absolute Gasteiger partial charge is 0.310 e. The van der Waals surface area contributed by atoms with Crippen molar-refractivity contribution in [1.82, 2.24) is 0 Å². The molecule has 0 radical (unpaired) electrons. The Bertz CT molecular complexity index is 359. The number of aliphatic hydroxyl groups is 1. The summed E-state index contributed by atoms with van der Waals surface area (Å²) in [4.78, 5) is 11.2. The highest BCUT2D eigenvalue weighted by molar-refractivity contribution is 5.76. The molecule has 100 valence electrons. The monoisotopic (exact) mass is 252 g/mol. The summed E-state index contributed by atoms with van der Waals surface area (Å²) >= 11 is 0. The molecule has 1 atom stereocenters. The second-order valence-electron chi connectivity index (χ2n) is 4.41. The first-order valence-corrected chi connectivity index (χ1v) is 6.27. The fourth-order valence-electron chi connectivity index (χ4n) is 1.95. The Balaban J connectivity index is 2.50. The molecule has 0 bridgehead atoms. The van der Waals surface area contributed by atoms with E-state index in [9.17, 15) is 15.0 Å². The number of rotatable bonds is 8. The van der Waals surface area contributed by atoms with Crippen molar-refractivity contribution in [2.75, 3.05) is 6.61 Å². The van der Waals surface area contributed by atoms with E-state index in [1.807, 2.05) is 0 Å². The van der Waals surface area contributed by atoms with Crippen LogP contribution in [0.4, 0.5) is 0 Å². The van der Waals surface area contributed by atoms with Crippen LogP contribution in [0.15, 0.2) is 24.3 Å². The zero-order chi connectivity index (χ0) is 13.4. The molecular formula is C14H20O4. The van der Waals surface area contributed by atoms with Gasteiger partial charge in [-0.3, -0.25) is 4.79 Å². The summed E-state index contributed by atoms with van der Waals surface area (Å²) in [7, 11) is 0. The number of carbonyl (C=O) groups is 1. The van der Waals surface area contributed by atoms with E-state index in [-0.39, 0.29) is 12.4 Å². The van der Waals surface area contributed by atoms with Crippen molar-refractivity contribution in [3.05, 3.63) is 29.8 Å². The largest absolute Gasteiger partial charge is 0.508 e. The van der Waals surface area contributed by atoms with Crippen LogP contribution in [0.3, 0.4) is 0 Å². The molecule has 0 fully saturated rings. The maximum absolute atomic E-state index is 11.2. The highest BCUT2D eigenvalue weighted by Crippen LogP contribution is 2.24. The molecule has 18 heavy (non-hydrogen) atoms. The molecule has 4 nitrogen and oxygen atoms in total. The molecule has 0 spiro atoms. The molecule has 1 aromatic carbocycles. The van der Waals surface area contributed by atoms with Crippen molar-refractivity contribution in [2.24, 2.45) is 0 Å². The Labute approximate surface area is 107 Å². The van der Waals surface area contributed by atoms with Gasteiger partial charge in [-0.15, -0.1) is 0 Å². The van der Waals surface area contributed by atoms with Crippen molar-refractivity contribution < 1.29 is 20.1 Å². The van der Waals surface area contributed by atoms with E-state index in [0.717, 1.165) is 31.2 Å². The van der Waals surface area contributed by atoms with Crippen LogP contribution in [0.5, 0.6) is 5.75 Å². The van der Waals surface area contributed by atoms with Crippen LogP contribution in [0.25, 0.3) is 0 Å². The summed E-state index contributed by atoms with van der Waals surface area (Å²) < 4.78 is 0. The number of hydrogen-bond donors (Lipinski definition) is 3. The van der Waals surface area contributed by atoms with Gasteiger partial charge in [-0.05, 0) is 30.5 Å². The summed E-state index contributed by atoms with van der Waals surface area (Å²) in [5.74, 6) is -1.20. The molecule has 4 heteroatoms. The lowest BCUT2D eigenvalue weighted by atomic mass is 9.93. The van der Waals surface area contributed by atoms with E-state index in [4.69, 9.17) is 5.11 Å². The quantitative estimate of drug-likeness (QED) is 0.621. The summed E-state index contributed by atoms with van der Waals surface area (Å²) in [5, 5.41) is 27.0. The molecule has 0 aromatic heterocycles. The van der Waals surface area contributed by atoms with E-state index in [1.165, 1.54) is 12.1 Å². The van der Waals surface area contributed by atoms with Crippen molar-refractivity contribution in [1.29, 1.82) is 0 Å². The Morgan fingerprint density at radius 3 is 2.22 bits per heavy atom. The van der Waals surface area contributed by atoms with Crippen molar-refractivity contribution in [2.45, 2.75) is 38.0 Å². The van der Waals surface area contributed by atoms with Crippen molar-refractivity contribution >= 4 is 5.97 Å². The van der Waals surface area contributed by atoms with Gasteiger partial charge in [-0.25, -0.2) is 0 Å². The number of unbranched alkanes of at least 4 members (excludes halogenated alkanes) is 3. The minimum atomic E-state index is -0.831. The summed E-state index contributed by atoms with van der Waals surface area (Å²) in [6.07, 6.45) is 4.06. The molecule has 0 saturated heterocycles. The predicted octanol–water partition coefficient (Wildman–Crippen LogP) is 2.50. The molecule has 0 heterocycles. The van der Waals surface area contributed by atoms with Gasteiger partial charge in [0, 0.05) is 6.61 Å². The number of aliphatic hydroxyl groups excluding tert-OH is 1. The second kappa shape index (κ2) is 7.71. The van der Waals surface area contributed by atoms with Crippen LogP contribution in [0.2, 0.25) is 0 Å². The molecule has 0 aliphatic rings. The standard InChI is InChI=1S/C14H20O4/c15-10-4-2-1-3-5-13(14(17)18)11-6-8-12(16)9-7-11/h6-9,13,15-16H,1-5,10H2,(H,17,18). The zero-order valence-corrected chi connectivity index (χ0v) is 10.4. The molecule has 0 amide bonds. The predicted molar refractivity (Wildman–Crippen MR) is 68.7 cm³/mol. The van der Waals surface area contributed by atoms with Gasteiger partial charge < -0.3 is 15.3 Å². The van der Waals surface area contributed by atoms with Crippen LogP contribution < -0.4 is 0 Å². The molecule has 0 aliphatic heterocycles. The maximum atomic E-state index is 11.2. The lowest BCUT2D eigenvalue weighted by molar-refractivity contribution is -0.139. The number of phenolic OH excluding ortho intramolecular Hbond substituents is 1. The van der Waals surface area contributed by atoms with E-state index in [0.29, 0.717) is 6.42 Å². The van der Waals surface area contributed by atoms with Gasteiger partial charge in [0.25, 0.3) is 0 Å². The highest BCUT2D eigenvalue weighted by atomic mass is 16.4.